The highest BCUT2D eigenvalue weighted by Crippen LogP contribution is 2.31. The van der Waals surface area contributed by atoms with Crippen LogP contribution in [0.1, 0.15) is 24.4 Å². The second-order valence-corrected chi connectivity index (χ2v) is 8.07. The van der Waals surface area contributed by atoms with E-state index in [1.54, 1.807) is 7.05 Å². The van der Waals surface area contributed by atoms with Gasteiger partial charge in [0, 0.05) is 25.1 Å². The van der Waals surface area contributed by atoms with E-state index in [0.29, 0.717) is 19.4 Å². The molecule has 0 saturated carbocycles. The molecule has 1 saturated heterocycles. The van der Waals surface area contributed by atoms with Gasteiger partial charge in [0.1, 0.15) is 5.75 Å². The molecule has 0 radical (unpaired) electrons. The number of nitrogens with zero attached hydrogens (tertiary/aromatic N) is 1. The number of hydrogen-bond acceptors (Lipinski definition) is 4. The number of ether oxygens (including phenoxy) is 1. The molecule has 3 rings (SSSR count). The number of hydrogen-bond donors (Lipinski definition) is 1. The molecule has 2 heterocycles. The van der Waals surface area contributed by atoms with E-state index in [2.05, 4.69) is 5.32 Å². The summed E-state index contributed by atoms with van der Waals surface area (Å²) in [5, 5.41) is 2.99. The monoisotopic (exact) mass is 324 g/mol. The van der Waals surface area contributed by atoms with E-state index in [0.717, 1.165) is 11.3 Å². The Morgan fingerprint density at radius 1 is 1.32 bits per heavy atom. The molecule has 2 unspecified atom stereocenters. The summed E-state index contributed by atoms with van der Waals surface area (Å²) in [4.78, 5) is 13.9. The Labute approximate surface area is 130 Å². The van der Waals surface area contributed by atoms with Crippen molar-refractivity contribution in [2.24, 2.45) is 0 Å². The smallest absolute Gasteiger partial charge is 0.317 e. The third-order valence-electron chi connectivity index (χ3n) is 4.33. The highest BCUT2D eigenvalue weighted by molar-refractivity contribution is 7.91. The topological polar surface area (TPSA) is 75.7 Å². The van der Waals surface area contributed by atoms with Crippen molar-refractivity contribution in [3.63, 3.8) is 0 Å². The Morgan fingerprint density at radius 2 is 2.09 bits per heavy atom. The van der Waals surface area contributed by atoms with E-state index in [9.17, 15) is 13.2 Å². The van der Waals surface area contributed by atoms with Crippen LogP contribution < -0.4 is 10.1 Å². The lowest BCUT2D eigenvalue weighted by Gasteiger charge is -2.30. The van der Waals surface area contributed by atoms with Crippen LogP contribution in [0.2, 0.25) is 0 Å². The van der Waals surface area contributed by atoms with E-state index in [4.69, 9.17) is 4.74 Å². The minimum absolute atomic E-state index is 0.0568. The molecule has 0 aliphatic carbocycles. The summed E-state index contributed by atoms with van der Waals surface area (Å²) in [5.74, 6) is 1.02. The van der Waals surface area contributed by atoms with E-state index in [1.165, 1.54) is 4.90 Å². The van der Waals surface area contributed by atoms with Crippen molar-refractivity contribution >= 4 is 15.9 Å². The Morgan fingerprint density at radius 3 is 2.82 bits per heavy atom. The van der Waals surface area contributed by atoms with Crippen molar-refractivity contribution < 1.29 is 17.9 Å². The van der Waals surface area contributed by atoms with Crippen LogP contribution >= 0.6 is 0 Å². The fourth-order valence-electron chi connectivity index (χ4n) is 2.99. The normalized spacial score (nSPS) is 25.9. The number of sulfone groups is 1. The maximum absolute atomic E-state index is 12.4. The number of benzene rings is 1. The molecule has 2 aliphatic rings. The number of rotatable bonds is 2. The number of amides is 2. The predicted molar refractivity (Wildman–Crippen MR) is 82.6 cm³/mol. The number of carbonyl (C=O) groups excluding carboxylic acids is 1. The second-order valence-electron chi connectivity index (χ2n) is 5.84. The minimum Gasteiger partial charge on any atom is -0.493 e. The Hall–Kier alpha value is -1.76. The van der Waals surface area contributed by atoms with E-state index >= 15 is 0 Å². The Balaban J connectivity index is 1.68. The fourth-order valence-corrected chi connectivity index (χ4v) is 4.76. The van der Waals surface area contributed by atoms with Gasteiger partial charge in [-0.3, -0.25) is 0 Å². The second kappa shape index (κ2) is 5.79. The lowest BCUT2D eigenvalue weighted by Crippen LogP contribution is -2.46. The molecule has 2 atom stereocenters. The van der Waals surface area contributed by atoms with Crippen molar-refractivity contribution in [2.75, 3.05) is 25.2 Å². The lowest BCUT2D eigenvalue weighted by atomic mass is 10.0. The number of para-hydroxylation sites is 1. The van der Waals surface area contributed by atoms with Crippen molar-refractivity contribution in [2.45, 2.75) is 24.9 Å². The maximum atomic E-state index is 12.4. The maximum Gasteiger partial charge on any atom is 0.317 e. The third kappa shape index (κ3) is 3.04. The van der Waals surface area contributed by atoms with Crippen molar-refractivity contribution in [1.82, 2.24) is 10.2 Å². The van der Waals surface area contributed by atoms with Gasteiger partial charge in [0.15, 0.2) is 9.84 Å². The van der Waals surface area contributed by atoms with Gasteiger partial charge in [-0.2, -0.15) is 0 Å². The summed E-state index contributed by atoms with van der Waals surface area (Å²) in [7, 11) is -1.34. The Kier molecular flexibility index (Phi) is 3.99. The highest BCUT2D eigenvalue weighted by atomic mass is 32.2. The predicted octanol–water partition coefficient (Wildman–Crippen LogP) is 1.34. The van der Waals surface area contributed by atoms with Crippen LogP contribution in [0, 0.1) is 0 Å². The molecular formula is C15H20N2O4S. The summed E-state index contributed by atoms with van der Waals surface area (Å²) in [6, 6.07) is 7.08. The average molecular weight is 324 g/mol. The van der Waals surface area contributed by atoms with Gasteiger partial charge in [-0.25, -0.2) is 13.2 Å². The molecule has 1 aromatic rings. The van der Waals surface area contributed by atoms with Gasteiger partial charge in [0.05, 0.1) is 24.2 Å². The highest BCUT2D eigenvalue weighted by Gasteiger charge is 2.33. The first-order valence-corrected chi connectivity index (χ1v) is 9.24. The van der Waals surface area contributed by atoms with E-state index < -0.39 is 9.84 Å². The van der Waals surface area contributed by atoms with Gasteiger partial charge >= 0.3 is 6.03 Å². The molecule has 7 heteroatoms. The van der Waals surface area contributed by atoms with Gasteiger partial charge < -0.3 is 15.0 Å². The first-order valence-electron chi connectivity index (χ1n) is 7.42. The summed E-state index contributed by atoms with van der Waals surface area (Å²) in [6.45, 7) is 0.559. The third-order valence-corrected chi connectivity index (χ3v) is 6.08. The first-order chi connectivity index (χ1) is 10.5. The van der Waals surface area contributed by atoms with E-state index in [-0.39, 0.29) is 29.6 Å². The molecule has 1 N–H and O–H groups in total. The molecule has 0 spiro atoms. The minimum atomic E-state index is -3.00. The molecule has 6 nitrogen and oxygen atoms in total. The zero-order valence-electron chi connectivity index (χ0n) is 12.5. The van der Waals surface area contributed by atoms with Crippen LogP contribution in [0.4, 0.5) is 4.79 Å². The van der Waals surface area contributed by atoms with E-state index in [1.807, 2.05) is 24.3 Å². The van der Waals surface area contributed by atoms with Gasteiger partial charge in [0.25, 0.3) is 0 Å². The van der Waals surface area contributed by atoms with Gasteiger partial charge in [-0.1, -0.05) is 18.2 Å². The molecule has 1 aromatic carbocycles. The number of nitrogens with one attached hydrogen (secondary N) is 1. The van der Waals surface area contributed by atoms with Gasteiger partial charge in [-0.15, -0.1) is 0 Å². The summed E-state index contributed by atoms with van der Waals surface area (Å²) in [6.07, 6.45) is 1.22. The molecule has 1 fully saturated rings. The molecule has 0 bridgehead atoms. The van der Waals surface area contributed by atoms with Crippen LogP contribution in [0.5, 0.6) is 5.75 Å². The summed E-state index contributed by atoms with van der Waals surface area (Å²) in [5.41, 5.74) is 0.967. The molecule has 0 aromatic heterocycles. The summed E-state index contributed by atoms with van der Waals surface area (Å²) < 4.78 is 28.7. The number of carbonyl (C=O) groups is 1. The molecule has 2 aliphatic heterocycles. The van der Waals surface area contributed by atoms with Gasteiger partial charge in [-0.05, 0) is 12.5 Å². The number of urea groups is 1. The molecule has 120 valence electrons. The van der Waals surface area contributed by atoms with Crippen LogP contribution in [0.15, 0.2) is 24.3 Å². The number of fused-ring (bicyclic) bond motifs is 1. The first kappa shape index (κ1) is 15.1. The quantitative estimate of drug-likeness (QED) is 0.891. The largest absolute Gasteiger partial charge is 0.493 e. The molecular weight excluding hydrogens is 304 g/mol. The lowest BCUT2D eigenvalue weighted by molar-refractivity contribution is 0.184. The van der Waals surface area contributed by atoms with Crippen molar-refractivity contribution in [1.29, 1.82) is 0 Å². The van der Waals surface area contributed by atoms with Crippen molar-refractivity contribution in [3.05, 3.63) is 29.8 Å². The van der Waals surface area contributed by atoms with Crippen molar-refractivity contribution in [3.8, 4) is 5.75 Å². The van der Waals surface area contributed by atoms with Crippen LogP contribution in [0.3, 0.4) is 0 Å². The zero-order valence-corrected chi connectivity index (χ0v) is 13.3. The van der Waals surface area contributed by atoms with Gasteiger partial charge in [0.2, 0.25) is 0 Å². The molecule has 2 amide bonds. The zero-order chi connectivity index (χ0) is 15.7. The average Bonchev–Trinajstić information content (AvgIpc) is 2.87. The van der Waals surface area contributed by atoms with Crippen LogP contribution in [-0.2, 0) is 9.84 Å². The Bertz CT molecular complexity index is 674. The SMILES string of the molecule is CN(C(=O)NC1CCOc2ccccc21)C1CCS(=O)(=O)C1. The summed E-state index contributed by atoms with van der Waals surface area (Å²) >= 11 is 0. The standard InChI is InChI=1S/C15H20N2O4S/c1-17(11-7-9-22(19,20)10-11)15(18)16-13-6-8-21-14-5-3-2-4-12(13)14/h2-5,11,13H,6-10H2,1H3,(H,16,18). The van der Waals surface area contributed by atoms with Crippen LogP contribution in [0.25, 0.3) is 0 Å². The van der Waals surface area contributed by atoms with Crippen LogP contribution in [-0.4, -0.2) is 50.6 Å². The molecule has 22 heavy (non-hydrogen) atoms. The fraction of sp³-hybridized carbons (Fsp3) is 0.533.